The van der Waals surface area contributed by atoms with E-state index in [0.717, 1.165) is 32.1 Å². The summed E-state index contributed by atoms with van der Waals surface area (Å²) in [4.78, 5) is 9.56. The van der Waals surface area contributed by atoms with Gasteiger partial charge >= 0.3 is 0 Å². The third kappa shape index (κ3) is 2.81. The number of morpholine rings is 1. The van der Waals surface area contributed by atoms with Gasteiger partial charge in [0.1, 0.15) is 5.82 Å². The second-order valence-corrected chi connectivity index (χ2v) is 6.00. The molecule has 4 nitrogen and oxygen atoms in total. The fraction of sp³-hybridized carbons (Fsp3) is 0.688. The maximum atomic E-state index is 5.42. The molecule has 2 saturated heterocycles. The summed E-state index contributed by atoms with van der Waals surface area (Å²) >= 11 is 0. The summed E-state index contributed by atoms with van der Waals surface area (Å²) in [5.74, 6) is 1.13. The second kappa shape index (κ2) is 6.10. The topological polar surface area (TPSA) is 28.6 Å². The van der Waals surface area contributed by atoms with E-state index in [0.29, 0.717) is 6.04 Å². The van der Waals surface area contributed by atoms with Gasteiger partial charge in [-0.3, -0.25) is 4.90 Å². The Kier molecular flexibility index (Phi) is 4.22. The van der Waals surface area contributed by atoms with Gasteiger partial charge in [-0.05, 0) is 50.6 Å². The number of aromatic nitrogens is 1. The molecule has 0 spiro atoms. The van der Waals surface area contributed by atoms with Crippen LogP contribution in [0, 0.1) is 6.92 Å². The number of likely N-dealkylation sites (tertiary alicyclic amines) is 1. The van der Waals surface area contributed by atoms with Crippen LogP contribution >= 0.6 is 0 Å². The highest BCUT2D eigenvalue weighted by Crippen LogP contribution is 2.31. The summed E-state index contributed by atoms with van der Waals surface area (Å²) in [5.41, 5.74) is 2.67. The molecule has 110 valence electrons. The summed E-state index contributed by atoms with van der Waals surface area (Å²) < 4.78 is 5.42. The Balaban J connectivity index is 1.79. The molecule has 4 heteroatoms. The minimum atomic E-state index is 0.550. The molecule has 1 aromatic rings. The quantitative estimate of drug-likeness (QED) is 0.828. The number of ether oxygens (including phenoxy) is 1. The zero-order chi connectivity index (χ0) is 13.9. The molecule has 0 aliphatic carbocycles. The van der Waals surface area contributed by atoms with Gasteiger partial charge in [-0.25, -0.2) is 4.98 Å². The van der Waals surface area contributed by atoms with Crippen molar-refractivity contribution < 1.29 is 4.74 Å². The molecular weight excluding hydrogens is 250 g/mol. The van der Waals surface area contributed by atoms with Gasteiger partial charge in [0, 0.05) is 25.3 Å². The highest BCUT2D eigenvalue weighted by atomic mass is 16.5. The Morgan fingerprint density at radius 3 is 2.70 bits per heavy atom. The van der Waals surface area contributed by atoms with Crippen LogP contribution < -0.4 is 4.90 Å². The van der Waals surface area contributed by atoms with Gasteiger partial charge in [0.05, 0.1) is 13.2 Å². The minimum Gasteiger partial charge on any atom is -0.378 e. The molecule has 2 aliphatic heterocycles. The van der Waals surface area contributed by atoms with E-state index in [-0.39, 0.29) is 0 Å². The molecule has 0 bridgehead atoms. The maximum absolute atomic E-state index is 5.42. The first-order valence-electron chi connectivity index (χ1n) is 7.75. The molecule has 3 heterocycles. The van der Waals surface area contributed by atoms with E-state index in [1.165, 1.54) is 36.9 Å². The van der Waals surface area contributed by atoms with E-state index >= 15 is 0 Å². The lowest BCUT2D eigenvalue weighted by Crippen LogP contribution is -2.37. The average molecular weight is 275 g/mol. The van der Waals surface area contributed by atoms with Crippen molar-refractivity contribution in [3.63, 3.8) is 0 Å². The van der Waals surface area contributed by atoms with E-state index in [1.807, 2.05) is 0 Å². The normalized spacial score (nSPS) is 24.9. The highest BCUT2D eigenvalue weighted by Gasteiger charge is 2.22. The zero-order valence-corrected chi connectivity index (χ0v) is 12.6. The van der Waals surface area contributed by atoms with Crippen LogP contribution in [0.3, 0.4) is 0 Å². The number of hydrogen-bond acceptors (Lipinski definition) is 4. The van der Waals surface area contributed by atoms with Gasteiger partial charge in [0.15, 0.2) is 0 Å². The van der Waals surface area contributed by atoms with E-state index in [2.05, 4.69) is 36.0 Å². The number of piperidine rings is 1. The summed E-state index contributed by atoms with van der Waals surface area (Å²) in [6, 6.07) is 2.89. The first-order valence-corrected chi connectivity index (χ1v) is 7.75. The van der Waals surface area contributed by atoms with E-state index < -0.39 is 0 Å². The molecule has 3 rings (SSSR count). The lowest BCUT2D eigenvalue weighted by atomic mass is 9.96. The number of hydrogen-bond donors (Lipinski definition) is 0. The standard InChI is InChI=1S/C16H25N3O/c1-13-11-14(15-5-3-4-6-18(15)2)12-17-16(13)19-7-9-20-10-8-19/h11-12,15H,3-10H2,1-2H3/t15-/m0/s1. The molecule has 0 saturated carbocycles. The Labute approximate surface area is 121 Å². The lowest BCUT2D eigenvalue weighted by Gasteiger charge is -2.34. The average Bonchev–Trinajstić information content (AvgIpc) is 2.48. The van der Waals surface area contributed by atoms with Crippen LogP contribution in [0.5, 0.6) is 0 Å². The van der Waals surface area contributed by atoms with Crippen LogP contribution in [0.1, 0.15) is 36.4 Å². The molecule has 2 fully saturated rings. The summed E-state index contributed by atoms with van der Waals surface area (Å²) in [6.45, 7) is 6.93. The molecule has 20 heavy (non-hydrogen) atoms. The fourth-order valence-electron chi connectivity index (χ4n) is 3.37. The molecule has 0 unspecified atom stereocenters. The Morgan fingerprint density at radius 1 is 1.20 bits per heavy atom. The Hall–Kier alpha value is -1.13. The van der Waals surface area contributed by atoms with Gasteiger partial charge < -0.3 is 9.64 Å². The van der Waals surface area contributed by atoms with Crippen LogP contribution in [0.2, 0.25) is 0 Å². The largest absolute Gasteiger partial charge is 0.378 e. The summed E-state index contributed by atoms with van der Waals surface area (Å²) in [7, 11) is 2.23. The maximum Gasteiger partial charge on any atom is 0.131 e. The monoisotopic (exact) mass is 275 g/mol. The van der Waals surface area contributed by atoms with E-state index in [4.69, 9.17) is 9.72 Å². The van der Waals surface area contributed by atoms with Crippen molar-refractivity contribution in [3.8, 4) is 0 Å². The van der Waals surface area contributed by atoms with Crippen LogP contribution in [0.15, 0.2) is 12.3 Å². The minimum absolute atomic E-state index is 0.550. The summed E-state index contributed by atoms with van der Waals surface area (Å²) in [6.07, 6.45) is 6.00. The van der Waals surface area contributed by atoms with Crippen LogP contribution in [0.4, 0.5) is 5.82 Å². The number of rotatable bonds is 2. The molecule has 0 amide bonds. The third-order valence-electron chi connectivity index (χ3n) is 4.54. The van der Waals surface area contributed by atoms with Crippen LogP contribution in [0.25, 0.3) is 0 Å². The SMILES string of the molecule is Cc1cc([C@@H]2CCCCN2C)cnc1N1CCOCC1. The molecule has 0 radical (unpaired) electrons. The van der Waals surface area contributed by atoms with Crippen molar-refractivity contribution in [1.29, 1.82) is 0 Å². The Bertz CT molecular complexity index is 457. The second-order valence-electron chi connectivity index (χ2n) is 6.00. The van der Waals surface area contributed by atoms with E-state index in [9.17, 15) is 0 Å². The number of anilines is 1. The van der Waals surface area contributed by atoms with Crippen molar-refractivity contribution in [2.45, 2.75) is 32.2 Å². The predicted octanol–water partition coefficient (Wildman–Crippen LogP) is 2.38. The fourth-order valence-corrected chi connectivity index (χ4v) is 3.37. The van der Waals surface area contributed by atoms with Gasteiger partial charge in [0.2, 0.25) is 0 Å². The number of aryl methyl sites for hydroxylation is 1. The molecule has 2 aliphatic rings. The van der Waals surface area contributed by atoms with Crippen LogP contribution in [-0.4, -0.2) is 49.8 Å². The van der Waals surface area contributed by atoms with Gasteiger partial charge in [-0.15, -0.1) is 0 Å². The molecule has 1 atom stereocenters. The molecule has 0 N–H and O–H groups in total. The molecular formula is C16H25N3O. The van der Waals surface area contributed by atoms with Gasteiger partial charge in [-0.1, -0.05) is 6.42 Å². The van der Waals surface area contributed by atoms with E-state index in [1.54, 1.807) is 0 Å². The number of nitrogens with zero attached hydrogens (tertiary/aromatic N) is 3. The van der Waals surface area contributed by atoms with Crippen molar-refractivity contribution >= 4 is 5.82 Å². The molecule has 0 aromatic carbocycles. The van der Waals surface area contributed by atoms with Crippen LogP contribution in [-0.2, 0) is 4.74 Å². The van der Waals surface area contributed by atoms with Crippen molar-refractivity contribution in [2.75, 3.05) is 44.8 Å². The third-order valence-corrected chi connectivity index (χ3v) is 4.54. The summed E-state index contributed by atoms with van der Waals surface area (Å²) in [5, 5.41) is 0. The predicted molar refractivity (Wildman–Crippen MR) is 81.2 cm³/mol. The Morgan fingerprint density at radius 2 is 2.00 bits per heavy atom. The van der Waals surface area contributed by atoms with Crippen molar-refractivity contribution in [2.24, 2.45) is 0 Å². The lowest BCUT2D eigenvalue weighted by molar-refractivity contribution is 0.122. The molecule has 1 aromatic heterocycles. The zero-order valence-electron chi connectivity index (χ0n) is 12.6. The van der Waals surface area contributed by atoms with Crippen molar-refractivity contribution in [3.05, 3.63) is 23.4 Å². The van der Waals surface area contributed by atoms with Gasteiger partial charge in [-0.2, -0.15) is 0 Å². The highest BCUT2D eigenvalue weighted by molar-refractivity contribution is 5.48. The smallest absolute Gasteiger partial charge is 0.131 e. The number of pyridine rings is 1. The van der Waals surface area contributed by atoms with Crippen molar-refractivity contribution in [1.82, 2.24) is 9.88 Å². The van der Waals surface area contributed by atoms with Gasteiger partial charge in [0.25, 0.3) is 0 Å². The first kappa shape index (κ1) is 13.8. The first-order chi connectivity index (χ1) is 9.75.